The van der Waals surface area contributed by atoms with Crippen LogP contribution in [0.25, 0.3) is 21.3 Å². The lowest BCUT2D eigenvalue weighted by atomic mass is 9.90. The molecule has 42 heavy (non-hydrogen) atoms. The van der Waals surface area contributed by atoms with Crippen LogP contribution >= 0.6 is 11.3 Å². The van der Waals surface area contributed by atoms with Gasteiger partial charge in [0.1, 0.15) is 5.82 Å². The van der Waals surface area contributed by atoms with E-state index >= 15 is 0 Å². The number of nitrogens with zero attached hydrogens (tertiary/aromatic N) is 6. The summed E-state index contributed by atoms with van der Waals surface area (Å²) in [6.07, 6.45) is 4.87. The highest BCUT2D eigenvalue weighted by atomic mass is 32.1. The number of hydrogen-bond donors (Lipinski definition) is 1. The molecule has 1 fully saturated rings. The molecule has 0 bridgehead atoms. The Morgan fingerprint density at radius 3 is 2.67 bits per heavy atom. The summed E-state index contributed by atoms with van der Waals surface area (Å²) in [7, 11) is 3.66. The Labute approximate surface area is 249 Å². The Morgan fingerprint density at radius 2 is 1.98 bits per heavy atom. The molecule has 2 aliphatic heterocycles. The summed E-state index contributed by atoms with van der Waals surface area (Å²) < 4.78 is 3.91. The van der Waals surface area contributed by atoms with Crippen molar-refractivity contribution in [1.29, 1.82) is 5.26 Å². The van der Waals surface area contributed by atoms with Gasteiger partial charge < -0.3 is 15.1 Å². The van der Waals surface area contributed by atoms with Crippen LogP contribution in [0.2, 0.25) is 0 Å². The average Bonchev–Trinajstić information content (AvgIpc) is 3.55. The zero-order valence-electron chi connectivity index (χ0n) is 24.9. The number of aryl methyl sites for hydroxylation is 1. The zero-order chi connectivity index (χ0) is 29.8. The number of anilines is 2. The summed E-state index contributed by atoms with van der Waals surface area (Å²) in [5.74, 6) is 0.594. The summed E-state index contributed by atoms with van der Waals surface area (Å²) >= 11 is 1.56. The van der Waals surface area contributed by atoms with Crippen LogP contribution in [0, 0.1) is 11.3 Å². The molecule has 1 atom stereocenters. The molecule has 6 rings (SSSR count). The Kier molecular flexibility index (Phi) is 7.19. The molecule has 9 nitrogen and oxygen atoms in total. The van der Waals surface area contributed by atoms with Crippen LogP contribution in [-0.4, -0.2) is 52.9 Å². The first-order valence-corrected chi connectivity index (χ1v) is 15.4. The zero-order valence-corrected chi connectivity index (χ0v) is 25.7. The van der Waals surface area contributed by atoms with E-state index in [1.54, 1.807) is 20.8 Å². The monoisotopic (exact) mass is 583 g/mol. The van der Waals surface area contributed by atoms with E-state index < -0.39 is 0 Å². The van der Waals surface area contributed by atoms with E-state index in [9.17, 15) is 14.9 Å². The van der Waals surface area contributed by atoms with Gasteiger partial charge in [-0.1, -0.05) is 0 Å². The second kappa shape index (κ2) is 10.7. The molecule has 2 aliphatic rings. The number of hydrogen-bond acceptors (Lipinski definition) is 8. The third-order valence-electron chi connectivity index (χ3n) is 8.55. The number of rotatable bonds is 6. The molecule has 218 valence electrons. The van der Waals surface area contributed by atoms with Gasteiger partial charge in [0.2, 0.25) is 0 Å². The quantitative estimate of drug-likeness (QED) is 0.364. The van der Waals surface area contributed by atoms with Crippen molar-refractivity contribution in [3.8, 4) is 17.2 Å². The Morgan fingerprint density at radius 1 is 1.17 bits per heavy atom. The fourth-order valence-corrected chi connectivity index (χ4v) is 7.74. The fraction of sp³-hybridized carbons (Fsp3) is 0.438. The molecule has 1 aromatic carbocycles. The van der Waals surface area contributed by atoms with Crippen LogP contribution in [0.5, 0.6) is 0 Å². The van der Waals surface area contributed by atoms with Gasteiger partial charge in [0.25, 0.3) is 5.56 Å². The molecule has 0 spiro atoms. The van der Waals surface area contributed by atoms with Gasteiger partial charge in [-0.05, 0) is 69.9 Å². The van der Waals surface area contributed by atoms with Crippen LogP contribution < -0.4 is 26.4 Å². The number of thiophene rings is 1. The van der Waals surface area contributed by atoms with Gasteiger partial charge in [-0.25, -0.2) is 4.79 Å². The minimum atomic E-state index is -0.321. The highest BCUT2D eigenvalue weighted by molar-refractivity contribution is 7.19. The first-order valence-electron chi connectivity index (χ1n) is 14.6. The van der Waals surface area contributed by atoms with Gasteiger partial charge in [0.05, 0.1) is 28.4 Å². The smallest absolute Gasteiger partial charge is 0.332 e. The standard InChI is InChI=1S/C32H37N7O2S/c1-6-37-27(36(4)5)15-28(40)39(31(37)41)19-23-14-26-30(42-23)24(9-10-34-26)25-13-20(17-33)12-21-8-7-11-38(29(21)25)22-16-32(2,3)35-18-22/h9-10,12-15,22,35H,6-8,11,16,18-19H2,1-5H3. The molecular formula is C32H37N7O2S. The lowest BCUT2D eigenvalue weighted by molar-refractivity contribution is 0.450. The first-order chi connectivity index (χ1) is 20.1. The number of nitriles is 1. The lowest BCUT2D eigenvalue weighted by Crippen LogP contribution is -2.41. The molecule has 1 N–H and O–H groups in total. The van der Waals surface area contributed by atoms with Crippen molar-refractivity contribution in [2.45, 2.75) is 64.7 Å². The summed E-state index contributed by atoms with van der Waals surface area (Å²) in [6.45, 7) is 8.97. The van der Waals surface area contributed by atoms with E-state index in [2.05, 4.69) is 41.2 Å². The number of benzene rings is 1. The fourth-order valence-electron chi connectivity index (χ4n) is 6.61. The van der Waals surface area contributed by atoms with Gasteiger partial charge in [-0.3, -0.25) is 18.9 Å². The van der Waals surface area contributed by atoms with Crippen LogP contribution in [-0.2, 0) is 19.5 Å². The maximum absolute atomic E-state index is 13.3. The van der Waals surface area contributed by atoms with Gasteiger partial charge in [-0.2, -0.15) is 5.26 Å². The lowest BCUT2D eigenvalue weighted by Gasteiger charge is -2.38. The number of fused-ring (bicyclic) bond motifs is 2. The maximum Gasteiger partial charge on any atom is 0.332 e. The molecule has 10 heteroatoms. The van der Waals surface area contributed by atoms with Crippen LogP contribution in [0.15, 0.2) is 46.1 Å². The predicted molar refractivity (Wildman–Crippen MR) is 170 cm³/mol. The van der Waals surface area contributed by atoms with E-state index in [-0.39, 0.29) is 23.3 Å². The minimum absolute atomic E-state index is 0.0841. The van der Waals surface area contributed by atoms with Gasteiger partial charge in [-0.15, -0.1) is 11.3 Å². The third-order valence-corrected chi connectivity index (χ3v) is 9.69. The van der Waals surface area contributed by atoms with Crippen LogP contribution in [0.4, 0.5) is 11.5 Å². The largest absolute Gasteiger partial charge is 0.366 e. The molecule has 0 aliphatic carbocycles. The third kappa shape index (κ3) is 4.91. The second-order valence-electron chi connectivity index (χ2n) is 12.2. The van der Waals surface area contributed by atoms with Crippen molar-refractivity contribution in [1.82, 2.24) is 19.4 Å². The first kappa shape index (κ1) is 28.2. The van der Waals surface area contributed by atoms with Gasteiger partial charge >= 0.3 is 5.69 Å². The summed E-state index contributed by atoms with van der Waals surface area (Å²) in [6, 6.07) is 12.4. The van der Waals surface area contributed by atoms with E-state index in [0.29, 0.717) is 24.0 Å². The Balaban J connectivity index is 1.47. The number of aromatic nitrogens is 3. The van der Waals surface area contributed by atoms with Crippen molar-refractivity contribution in [2.24, 2.45) is 0 Å². The Hall–Kier alpha value is -3.94. The predicted octanol–water partition coefficient (Wildman–Crippen LogP) is 4.19. The van der Waals surface area contributed by atoms with Crippen molar-refractivity contribution >= 4 is 33.1 Å². The van der Waals surface area contributed by atoms with Crippen molar-refractivity contribution in [3.05, 3.63) is 73.4 Å². The molecule has 1 saturated heterocycles. The topological polar surface area (TPSA) is 99.2 Å². The van der Waals surface area contributed by atoms with Crippen molar-refractivity contribution in [2.75, 3.05) is 37.0 Å². The van der Waals surface area contributed by atoms with Crippen molar-refractivity contribution < 1.29 is 0 Å². The van der Waals surface area contributed by atoms with Crippen LogP contribution in [0.3, 0.4) is 0 Å². The summed E-state index contributed by atoms with van der Waals surface area (Å²) in [5.41, 5.74) is 5.44. The molecule has 0 amide bonds. The highest BCUT2D eigenvalue weighted by Crippen LogP contribution is 2.44. The molecule has 1 unspecified atom stereocenters. The van der Waals surface area contributed by atoms with Gasteiger partial charge in [0, 0.05) is 79.3 Å². The average molecular weight is 584 g/mol. The van der Waals surface area contributed by atoms with Crippen LogP contribution in [0.1, 0.15) is 49.6 Å². The molecule has 5 heterocycles. The maximum atomic E-state index is 13.3. The normalized spacial score (nSPS) is 17.8. The summed E-state index contributed by atoms with van der Waals surface area (Å²) in [4.78, 5) is 36.3. The molecule has 4 aromatic rings. The van der Waals surface area contributed by atoms with E-state index in [4.69, 9.17) is 0 Å². The molecule has 0 saturated carbocycles. The second-order valence-corrected chi connectivity index (χ2v) is 13.3. The van der Waals surface area contributed by atoms with Gasteiger partial charge in [0.15, 0.2) is 0 Å². The van der Waals surface area contributed by atoms with E-state index in [1.807, 2.05) is 45.4 Å². The molecule has 3 aromatic heterocycles. The Bertz CT molecular complexity index is 1840. The van der Waals surface area contributed by atoms with E-state index in [1.165, 1.54) is 21.9 Å². The van der Waals surface area contributed by atoms with E-state index in [0.717, 1.165) is 58.6 Å². The number of pyridine rings is 1. The highest BCUT2D eigenvalue weighted by Gasteiger charge is 2.36. The minimum Gasteiger partial charge on any atom is -0.366 e. The molecule has 0 radical (unpaired) electrons. The summed E-state index contributed by atoms with van der Waals surface area (Å²) in [5, 5.41) is 13.6. The van der Waals surface area contributed by atoms with Crippen molar-refractivity contribution in [3.63, 3.8) is 0 Å². The number of nitrogens with one attached hydrogen (secondary N) is 1. The SMILES string of the molecule is CCn1c(N(C)C)cc(=O)n(Cc2cc3nccc(-c4cc(C#N)cc5c4N(C4CNC(C)(C)C4)CCC5)c3s2)c1=O. The molecular weight excluding hydrogens is 546 g/mol.